The third kappa shape index (κ3) is 3.69. The van der Waals surface area contributed by atoms with Crippen molar-refractivity contribution in [1.29, 1.82) is 0 Å². The average Bonchev–Trinajstić information content (AvgIpc) is 2.78. The quantitative estimate of drug-likeness (QED) is 0.502. The summed E-state index contributed by atoms with van der Waals surface area (Å²) in [6.45, 7) is -0.576. The van der Waals surface area contributed by atoms with Crippen LogP contribution in [0.25, 0.3) is 16.6 Å². The zero-order valence-electron chi connectivity index (χ0n) is 16.1. The molecule has 0 unspecified atom stereocenters. The van der Waals surface area contributed by atoms with Gasteiger partial charge in [-0.05, 0) is 29.8 Å². The minimum absolute atomic E-state index is 0.0377. The van der Waals surface area contributed by atoms with Gasteiger partial charge in [0.25, 0.3) is 5.56 Å². The van der Waals surface area contributed by atoms with E-state index < -0.39 is 35.3 Å². The van der Waals surface area contributed by atoms with E-state index in [-0.39, 0.29) is 17.6 Å². The maximum Gasteiger partial charge on any atom is 0.336 e. The molecule has 1 N–H and O–H groups in total. The fraction of sp³-hybridized carbons (Fsp3) is 0.0870. The van der Waals surface area contributed by atoms with Gasteiger partial charge in [0, 0.05) is 11.6 Å². The minimum atomic E-state index is -1.03. The van der Waals surface area contributed by atoms with Gasteiger partial charge in [0.15, 0.2) is 5.78 Å². The van der Waals surface area contributed by atoms with Crippen LogP contribution in [0.3, 0.4) is 0 Å². The summed E-state index contributed by atoms with van der Waals surface area (Å²) in [4.78, 5) is 37.8. The molecule has 0 aliphatic carbocycles. The molecule has 0 bridgehead atoms. The second-order valence-corrected chi connectivity index (χ2v) is 6.90. The van der Waals surface area contributed by atoms with Gasteiger partial charge in [0.1, 0.15) is 18.2 Å². The van der Waals surface area contributed by atoms with Crippen molar-refractivity contribution in [2.45, 2.75) is 6.54 Å². The number of Topliss-reactive ketones (excluding diaryl/α,β-unsaturated/α-hetero) is 1. The van der Waals surface area contributed by atoms with E-state index in [4.69, 9.17) is 5.11 Å². The Morgan fingerprint density at radius 2 is 1.65 bits per heavy atom. The van der Waals surface area contributed by atoms with Gasteiger partial charge in [-0.3, -0.25) is 14.2 Å². The van der Waals surface area contributed by atoms with Crippen LogP contribution in [-0.4, -0.2) is 26.6 Å². The summed E-state index contributed by atoms with van der Waals surface area (Å²) in [7, 11) is 0. The number of para-hydroxylation sites is 1. The Kier molecular flexibility index (Phi) is 5.31. The lowest BCUT2D eigenvalue weighted by Gasteiger charge is -2.15. The molecule has 0 aliphatic heterocycles. The number of aliphatic hydroxyl groups excluding tert-OH is 1. The number of carbonyl (C=O) groups excluding carboxylic acids is 1. The molecule has 6 nitrogen and oxygen atoms in total. The van der Waals surface area contributed by atoms with Crippen molar-refractivity contribution in [2.24, 2.45) is 0 Å². The lowest BCUT2D eigenvalue weighted by molar-refractivity contribution is 0.0903. The molecule has 3 aromatic carbocycles. The Bertz CT molecular complexity index is 1420. The summed E-state index contributed by atoms with van der Waals surface area (Å²) in [5, 5.41) is 9.16. The van der Waals surface area contributed by atoms with Crippen LogP contribution in [0, 0.1) is 11.6 Å². The maximum absolute atomic E-state index is 14.4. The smallest absolute Gasteiger partial charge is 0.336 e. The lowest BCUT2D eigenvalue weighted by atomic mass is 10.1. The summed E-state index contributed by atoms with van der Waals surface area (Å²) in [6.07, 6.45) is 0. The Hall–Kier alpha value is -3.91. The van der Waals surface area contributed by atoms with Crippen LogP contribution >= 0.6 is 0 Å². The van der Waals surface area contributed by atoms with E-state index in [1.807, 2.05) is 0 Å². The number of fused-ring (bicyclic) bond motifs is 1. The largest absolute Gasteiger partial charge is 0.388 e. The molecule has 4 aromatic rings. The van der Waals surface area contributed by atoms with E-state index in [1.165, 1.54) is 22.8 Å². The molecule has 0 amide bonds. The predicted molar refractivity (Wildman–Crippen MR) is 111 cm³/mol. The van der Waals surface area contributed by atoms with Crippen LogP contribution in [0.1, 0.15) is 15.9 Å². The van der Waals surface area contributed by atoms with Gasteiger partial charge in [0.2, 0.25) is 0 Å². The zero-order valence-corrected chi connectivity index (χ0v) is 16.1. The molecular weight excluding hydrogens is 406 g/mol. The molecule has 31 heavy (non-hydrogen) atoms. The third-order valence-electron chi connectivity index (χ3n) is 4.96. The zero-order chi connectivity index (χ0) is 22.1. The van der Waals surface area contributed by atoms with Crippen molar-refractivity contribution in [3.05, 3.63) is 110 Å². The van der Waals surface area contributed by atoms with Crippen molar-refractivity contribution in [2.75, 3.05) is 6.61 Å². The highest BCUT2D eigenvalue weighted by molar-refractivity contribution is 5.96. The fourth-order valence-corrected chi connectivity index (χ4v) is 3.42. The normalized spacial score (nSPS) is 11.1. The van der Waals surface area contributed by atoms with Crippen molar-refractivity contribution in [3.63, 3.8) is 0 Å². The van der Waals surface area contributed by atoms with E-state index in [1.54, 1.807) is 30.3 Å². The first-order chi connectivity index (χ1) is 14.9. The molecule has 0 saturated carbocycles. The standard InChI is InChI=1S/C23H16F2N2O4/c24-16-9-10-20(18(25)11-16)27-22(30)17-3-1-2-4-19(17)26(23(27)31)12-14-5-7-15(8-6-14)21(29)13-28/h1-11,28H,12-13H2. The predicted octanol–water partition coefficient (Wildman–Crippen LogP) is 2.65. The Balaban J connectivity index is 1.92. The van der Waals surface area contributed by atoms with Crippen LogP contribution in [0.5, 0.6) is 0 Å². The Morgan fingerprint density at radius 3 is 2.32 bits per heavy atom. The highest BCUT2D eigenvalue weighted by atomic mass is 19.1. The van der Waals surface area contributed by atoms with Crippen LogP contribution < -0.4 is 11.2 Å². The van der Waals surface area contributed by atoms with Gasteiger partial charge in [-0.1, -0.05) is 36.4 Å². The fourth-order valence-electron chi connectivity index (χ4n) is 3.42. The van der Waals surface area contributed by atoms with Crippen LogP contribution in [0.15, 0.2) is 76.3 Å². The number of aliphatic hydroxyl groups is 1. The number of carbonyl (C=O) groups is 1. The summed E-state index contributed by atoms with van der Waals surface area (Å²) >= 11 is 0. The van der Waals surface area contributed by atoms with Crippen molar-refractivity contribution >= 4 is 16.7 Å². The van der Waals surface area contributed by atoms with E-state index in [0.29, 0.717) is 27.3 Å². The van der Waals surface area contributed by atoms with Gasteiger partial charge in [0.05, 0.1) is 23.1 Å². The van der Waals surface area contributed by atoms with Crippen molar-refractivity contribution in [3.8, 4) is 5.69 Å². The van der Waals surface area contributed by atoms with Crippen LogP contribution in [0.2, 0.25) is 0 Å². The highest BCUT2D eigenvalue weighted by Gasteiger charge is 2.17. The molecule has 1 heterocycles. The average molecular weight is 422 g/mol. The number of halogens is 2. The van der Waals surface area contributed by atoms with Crippen molar-refractivity contribution in [1.82, 2.24) is 9.13 Å². The van der Waals surface area contributed by atoms with Gasteiger partial charge < -0.3 is 5.11 Å². The van der Waals surface area contributed by atoms with E-state index >= 15 is 0 Å². The van der Waals surface area contributed by atoms with Gasteiger partial charge in [-0.15, -0.1) is 0 Å². The first-order valence-corrected chi connectivity index (χ1v) is 9.33. The summed E-state index contributed by atoms with van der Waals surface area (Å²) < 4.78 is 29.7. The maximum atomic E-state index is 14.4. The minimum Gasteiger partial charge on any atom is -0.388 e. The number of benzene rings is 3. The number of rotatable bonds is 5. The van der Waals surface area contributed by atoms with E-state index in [0.717, 1.165) is 12.1 Å². The molecule has 0 spiro atoms. The number of ketones is 1. The molecule has 4 rings (SSSR count). The lowest BCUT2D eigenvalue weighted by Crippen LogP contribution is -2.39. The molecular formula is C23H16F2N2O4. The SMILES string of the molecule is O=C(CO)c1ccc(Cn2c(=O)n(-c3ccc(F)cc3F)c(=O)c3ccccc32)cc1. The van der Waals surface area contributed by atoms with Crippen LogP contribution in [-0.2, 0) is 6.54 Å². The first-order valence-electron chi connectivity index (χ1n) is 9.33. The van der Waals surface area contributed by atoms with E-state index in [2.05, 4.69) is 0 Å². The monoisotopic (exact) mass is 422 g/mol. The topological polar surface area (TPSA) is 81.3 Å². The number of hydrogen-bond donors (Lipinski definition) is 1. The molecule has 0 fully saturated rings. The number of nitrogens with zero attached hydrogens (tertiary/aromatic N) is 2. The van der Waals surface area contributed by atoms with Crippen LogP contribution in [0.4, 0.5) is 8.78 Å². The molecule has 0 saturated heterocycles. The summed E-state index contributed by atoms with van der Waals surface area (Å²) in [6, 6.07) is 15.3. The summed E-state index contributed by atoms with van der Waals surface area (Å²) in [5.74, 6) is -2.30. The second-order valence-electron chi connectivity index (χ2n) is 6.90. The Labute approximate surface area is 174 Å². The third-order valence-corrected chi connectivity index (χ3v) is 4.96. The van der Waals surface area contributed by atoms with Gasteiger partial charge in [-0.2, -0.15) is 0 Å². The van der Waals surface area contributed by atoms with E-state index in [9.17, 15) is 23.2 Å². The second kappa shape index (κ2) is 8.08. The van der Waals surface area contributed by atoms with Crippen molar-refractivity contribution < 1.29 is 18.7 Å². The molecule has 8 heteroatoms. The molecule has 1 aromatic heterocycles. The van der Waals surface area contributed by atoms with Gasteiger partial charge in [-0.25, -0.2) is 18.1 Å². The first kappa shape index (κ1) is 20.4. The molecule has 0 aliphatic rings. The highest BCUT2D eigenvalue weighted by Crippen LogP contribution is 2.15. The Morgan fingerprint density at radius 1 is 0.935 bits per heavy atom. The van der Waals surface area contributed by atoms with Gasteiger partial charge >= 0.3 is 5.69 Å². The molecule has 0 radical (unpaired) electrons. The number of aromatic nitrogens is 2. The molecule has 156 valence electrons. The number of hydrogen-bond acceptors (Lipinski definition) is 4. The summed E-state index contributed by atoms with van der Waals surface area (Å²) in [5.41, 5.74) is -0.532. The molecule has 0 atom stereocenters.